The zero-order valence-electron chi connectivity index (χ0n) is 15.6. The van der Waals surface area contributed by atoms with Crippen LogP contribution in [-0.2, 0) is 0 Å². The average Bonchev–Trinajstić information content (AvgIpc) is 2.69. The Morgan fingerprint density at radius 1 is 1.07 bits per heavy atom. The lowest BCUT2D eigenvalue weighted by Crippen LogP contribution is -2.47. The van der Waals surface area contributed by atoms with E-state index in [1.807, 2.05) is 30.3 Å². The first kappa shape index (κ1) is 19.3. The van der Waals surface area contributed by atoms with Crippen molar-refractivity contribution < 1.29 is 14.5 Å². The molecular formula is C20H22N4O4. The van der Waals surface area contributed by atoms with Crippen LogP contribution in [0.3, 0.4) is 0 Å². The number of hydrogen-bond donors (Lipinski definition) is 2. The van der Waals surface area contributed by atoms with E-state index in [4.69, 9.17) is 0 Å². The molecule has 3 rings (SSSR count). The number of benzene rings is 2. The molecule has 1 aliphatic rings. The molecule has 28 heavy (non-hydrogen) atoms. The standard InChI is InChI=1S/C20H22N4O4/c1-14-17(8-5-9-18(14)24(27)28)19(25)21-16-10-12-23(13-11-16)20(26)22-15-6-3-2-4-7-15/h2-9,16H,10-13H2,1H3,(H,21,25)(H,22,26). The Morgan fingerprint density at radius 2 is 1.75 bits per heavy atom. The van der Waals surface area contributed by atoms with Gasteiger partial charge < -0.3 is 15.5 Å². The van der Waals surface area contributed by atoms with Crippen LogP contribution in [0.25, 0.3) is 0 Å². The van der Waals surface area contributed by atoms with Crippen molar-refractivity contribution in [1.82, 2.24) is 10.2 Å². The maximum atomic E-state index is 12.5. The van der Waals surface area contributed by atoms with Gasteiger partial charge in [0.1, 0.15) is 0 Å². The third-order valence-corrected chi connectivity index (χ3v) is 4.89. The number of anilines is 1. The largest absolute Gasteiger partial charge is 0.349 e. The molecule has 1 saturated heterocycles. The fourth-order valence-corrected chi connectivity index (χ4v) is 3.28. The van der Waals surface area contributed by atoms with Crippen LogP contribution in [0.5, 0.6) is 0 Å². The minimum atomic E-state index is -0.490. The molecule has 0 aromatic heterocycles. The van der Waals surface area contributed by atoms with Gasteiger partial charge in [0.25, 0.3) is 11.6 Å². The number of carbonyl (C=O) groups is 2. The number of rotatable bonds is 4. The number of carbonyl (C=O) groups excluding carboxylic acids is 2. The van der Waals surface area contributed by atoms with Gasteiger partial charge in [0.05, 0.1) is 4.92 Å². The van der Waals surface area contributed by atoms with Crippen LogP contribution in [0, 0.1) is 17.0 Å². The minimum Gasteiger partial charge on any atom is -0.349 e. The van der Waals surface area contributed by atoms with Gasteiger partial charge >= 0.3 is 6.03 Å². The quantitative estimate of drug-likeness (QED) is 0.625. The minimum absolute atomic E-state index is 0.0694. The average molecular weight is 382 g/mol. The molecule has 1 heterocycles. The summed E-state index contributed by atoms with van der Waals surface area (Å²) in [6.07, 6.45) is 1.25. The second-order valence-electron chi connectivity index (χ2n) is 6.74. The zero-order chi connectivity index (χ0) is 20.1. The molecule has 1 aliphatic heterocycles. The summed E-state index contributed by atoms with van der Waals surface area (Å²) in [4.78, 5) is 37.1. The van der Waals surface area contributed by atoms with Crippen LogP contribution in [0.4, 0.5) is 16.2 Å². The molecule has 0 spiro atoms. The maximum absolute atomic E-state index is 12.5. The van der Waals surface area contributed by atoms with Gasteiger partial charge in [0.15, 0.2) is 0 Å². The third kappa shape index (κ3) is 4.46. The number of amides is 3. The van der Waals surface area contributed by atoms with Gasteiger partial charge in [-0.05, 0) is 38.0 Å². The van der Waals surface area contributed by atoms with E-state index in [0.717, 1.165) is 5.69 Å². The predicted molar refractivity (Wildman–Crippen MR) is 105 cm³/mol. The molecule has 2 aromatic carbocycles. The van der Waals surface area contributed by atoms with E-state index in [1.165, 1.54) is 12.1 Å². The van der Waals surface area contributed by atoms with Gasteiger partial charge in [-0.15, -0.1) is 0 Å². The fraction of sp³-hybridized carbons (Fsp3) is 0.300. The first-order chi connectivity index (χ1) is 13.5. The number of nitrogens with zero attached hydrogens (tertiary/aromatic N) is 2. The molecule has 2 aromatic rings. The van der Waals surface area contributed by atoms with E-state index < -0.39 is 4.92 Å². The second-order valence-corrected chi connectivity index (χ2v) is 6.74. The first-order valence-electron chi connectivity index (χ1n) is 9.11. The zero-order valence-corrected chi connectivity index (χ0v) is 15.6. The number of nitrogens with one attached hydrogen (secondary N) is 2. The topological polar surface area (TPSA) is 105 Å². The van der Waals surface area contributed by atoms with Crippen molar-refractivity contribution in [2.45, 2.75) is 25.8 Å². The summed E-state index contributed by atoms with van der Waals surface area (Å²) in [5.74, 6) is -0.326. The molecule has 2 N–H and O–H groups in total. The van der Waals surface area contributed by atoms with Crippen LogP contribution in [-0.4, -0.2) is 40.9 Å². The molecule has 146 valence electrons. The van der Waals surface area contributed by atoms with Crippen molar-refractivity contribution in [3.05, 3.63) is 69.8 Å². The highest BCUT2D eigenvalue weighted by molar-refractivity contribution is 5.96. The smallest absolute Gasteiger partial charge is 0.321 e. The fourth-order valence-electron chi connectivity index (χ4n) is 3.28. The summed E-state index contributed by atoms with van der Waals surface area (Å²) in [5.41, 5.74) is 1.33. The number of nitro benzene ring substituents is 1. The molecule has 8 heteroatoms. The molecule has 0 unspecified atom stereocenters. The molecule has 3 amide bonds. The normalized spacial score (nSPS) is 14.4. The highest BCUT2D eigenvalue weighted by Crippen LogP contribution is 2.21. The Hall–Kier alpha value is -3.42. The summed E-state index contributed by atoms with van der Waals surface area (Å²) in [6, 6.07) is 13.5. The SMILES string of the molecule is Cc1c(C(=O)NC2CCN(C(=O)Nc3ccccc3)CC2)cccc1[N+](=O)[O-]. The van der Waals surface area contributed by atoms with Gasteiger partial charge in [-0.2, -0.15) is 0 Å². The van der Waals surface area contributed by atoms with Crippen molar-refractivity contribution in [3.63, 3.8) is 0 Å². The predicted octanol–water partition coefficient (Wildman–Crippen LogP) is 3.33. The first-order valence-corrected chi connectivity index (χ1v) is 9.11. The maximum Gasteiger partial charge on any atom is 0.321 e. The number of likely N-dealkylation sites (tertiary alicyclic amines) is 1. The van der Waals surface area contributed by atoms with Gasteiger partial charge in [0, 0.05) is 42.0 Å². The number of nitro groups is 1. The number of piperidine rings is 1. The van der Waals surface area contributed by atoms with Crippen molar-refractivity contribution >= 4 is 23.3 Å². The van der Waals surface area contributed by atoms with Gasteiger partial charge in [-0.1, -0.05) is 24.3 Å². The molecule has 0 bridgehead atoms. The lowest BCUT2D eigenvalue weighted by atomic mass is 10.0. The van der Waals surface area contributed by atoms with Crippen LogP contribution >= 0.6 is 0 Å². The lowest BCUT2D eigenvalue weighted by molar-refractivity contribution is -0.385. The lowest BCUT2D eigenvalue weighted by Gasteiger charge is -2.32. The van der Waals surface area contributed by atoms with Gasteiger partial charge in [0.2, 0.25) is 0 Å². The van der Waals surface area contributed by atoms with Crippen molar-refractivity contribution in [3.8, 4) is 0 Å². The molecule has 0 saturated carbocycles. The number of para-hydroxylation sites is 1. The summed E-state index contributed by atoms with van der Waals surface area (Å²) in [6.45, 7) is 2.62. The molecule has 1 fully saturated rings. The Kier molecular flexibility index (Phi) is 5.88. The van der Waals surface area contributed by atoms with E-state index in [0.29, 0.717) is 37.1 Å². The van der Waals surface area contributed by atoms with E-state index in [-0.39, 0.29) is 23.7 Å². The van der Waals surface area contributed by atoms with E-state index >= 15 is 0 Å². The highest BCUT2D eigenvalue weighted by atomic mass is 16.6. The van der Waals surface area contributed by atoms with E-state index in [9.17, 15) is 19.7 Å². The van der Waals surface area contributed by atoms with Crippen LogP contribution in [0.15, 0.2) is 48.5 Å². The Labute approximate surface area is 162 Å². The van der Waals surface area contributed by atoms with Crippen molar-refractivity contribution in [2.75, 3.05) is 18.4 Å². The number of urea groups is 1. The third-order valence-electron chi connectivity index (χ3n) is 4.89. The van der Waals surface area contributed by atoms with Crippen LogP contribution in [0.2, 0.25) is 0 Å². The second kappa shape index (κ2) is 8.51. The molecule has 8 nitrogen and oxygen atoms in total. The van der Waals surface area contributed by atoms with E-state index in [1.54, 1.807) is 17.9 Å². The molecule has 0 atom stereocenters. The van der Waals surface area contributed by atoms with Crippen molar-refractivity contribution in [2.24, 2.45) is 0 Å². The van der Waals surface area contributed by atoms with Gasteiger partial charge in [-0.25, -0.2) is 4.79 Å². The number of hydrogen-bond acceptors (Lipinski definition) is 4. The summed E-state index contributed by atoms with van der Waals surface area (Å²) >= 11 is 0. The molecule has 0 radical (unpaired) electrons. The Morgan fingerprint density at radius 3 is 2.39 bits per heavy atom. The van der Waals surface area contributed by atoms with E-state index in [2.05, 4.69) is 10.6 Å². The molecule has 0 aliphatic carbocycles. The Balaban J connectivity index is 1.54. The Bertz CT molecular complexity index is 877. The van der Waals surface area contributed by atoms with Crippen molar-refractivity contribution in [1.29, 1.82) is 0 Å². The van der Waals surface area contributed by atoms with Crippen LogP contribution < -0.4 is 10.6 Å². The summed E-state index contributed by atoms with van der Waals surface area (Å²) in [7, 11) is 0. The van der Waals surface area contributed by atoms with Gasteiger partial charge in [-0.3, -0.25) is 14.9 Å². The highest BCUT2D eigenvalue weighted by Gasteiger charge is 2.25. The monoisotopic (exact) mass is 382 g/mol. The molecular weight excluding hydrogens is 360 g/mol. The summed E-state index contributed by atoms with van der Waals surface area (Å²) < 4.78 is 0. The van der Waals surface area contributed by atoms with Crippen LogP contribution in [0.1, 0.15) is 28.8 Å². The summed E-state index contributed by atoms with van der Waals surface area (Å²) in [5, 5.41) is 16.8.